The van der Waals surface area contributed by atoms with Crippen molar-refractivity contribution < 1.29 is 24.4 Å². The number of aromatic nitrogens is 1. The maximum atomic E-state index is 11.7. The zero-order chi connectivity index (χ0) is 16.0. The molecule has 2 atom stereocenters. The van der Waals surface area contributed by atoms with E-state index in [4.69, 9.17) is 20.6 Å². The van der Waals surface area contributed by atoms with E-state index in [0.29, 0.717) is 5.69 Å². The first-order chi connectivity index (χ1) is 9.85. The number of nitrogens with one attached hydrogen (secondary N) is 2. The highest BCUT2D eigenvalue weighted by atomic mass is 16.5. The molecule has 0 saturated carbocycles. The fourth-order valence-electron chi connectivity index (χ4n) is 1.28. The predicted octanol–water partition coefficient (Wildman–Crippen LogP) is -0.839. The zero-order valence-electron chi connectivity index (χ0n) is 11.5. The lowest BCUT2D eigenvalue weighted by molar-refractivity contribution is -0.141. The molecule has 0 unspecified atom stereocenters. The fraction of sp³-hybridized carbons (Fsp3) is 0.455. The minimum atomic E-state index is -1.17. The van der Waals surface area contributed by atoms with Crippen LogP contribution in [0.25, 0.3) is 0 Å². The Morgan fingerprint density at radius 2 is 2.24 bits per heavy atom. The van der Waals surface area contributed by atoms with Crippen molar-refractivity contribution >= 4 is 17.7 Å². The molecule has 0 aliphatic carbocycles. The molecule has 0 saturated heterocycles. The van der Waals surface area contributed by atoms with Gasteiger partial charge in [-0.1, -0.05) is 5.16 Å². The largest absolute Gasteiger partial charge is 0.480 e. The molecule has 21 heavy (non-hydrogen) atoms. The molecule has 1 aromatic heterocycles. The number of carboxylic acids is 1. The first-order valence-corrected chi connectivity index (χ1v) is 6.00. The first kappa shape index (κ1) is 16.6. The summed E-state index contributed by atoms with van der Waals surface area (Å²) in [5.41, 5.74) is 7.93. The van der Waals surface area contributed by atoms with Crippen molar-refractivity contribution in [2.24, 2.45) is 10.7 Å². The second-order valence-corrected chi connectivity index (χ2v) is 4.28. The number of carboxylic acid groups (broad SMARTS) is 1. The van der Waals surface area contributed by atoms with Crippen molar-refractivity contribution in [3.63, 3.8) is 0 Å². The van der Waals surface area contributed by atoms with E-state index in [1.807, 2.05) is 5.48 Å². The standard InChI is InChI=1S/C11H17N5O5/c1-5(11(18)19)14-10(17)9(12)8-3-7(16-21-8)4-13-6(2)15-20/h3,5,9,20H,4,12H2,1-2H3,(H,13,15)(H,14,17)(H,18,19)/t5-,9-/m0/s1. The summed E-state index contributed by atoms with van der Waals surface area (Å²) >= 11 is 0. The summed E-state index contributed by atoms with van der Waals surface area (Å²) in [5, 5.41) is 23.2. The second-order valence-electron chi connectivity index (χ2n) is 4.28. The molecule has 116 valence electrons. The van der Waals surface area contributed by atoms with E-state index in [2.05, 4.69) is 15.5 Å². The molecular formula is C11H17N5O5. The lowest BCUT2D eigenvalue weighted by Gasteiger charge is -2.12. The van der Waals surface area contributed by atoms with E-state index in [0.717, 1.165) is 0 Å². The summed E-state index contributed by atoms with van der Waals surface area (Å²) in [7, 11) is 0. The van der Waals surface area contributed by atoms with E-state index < -0.39 is 24.0 Å². The number of aliphatic carboxylic acids is 1. The van der Waals surface area contributed by atoms with E-state index >= 15 is 0 Å². The first-order valence-electron chi connectivity index (χ1n) is 6.00. The van der Waals surface area contributed by atoms with Gasteiger partial charge < -0.3 is 20.7 Å². The smallest absolute Gasteiger partial charge is 0.325 e. The van der Waals surface area contributed by atoms with Gasteiger partial charge >= 0.3 is 5.97 Å². The number of hydrogen-bond donors (Lipinski definition) is 5. The van der Waals surface area contributed by atoms with Gasteiger partial charge in [0.1, 0.15) is 23.6 Å². The molecule has 0 fully saturated rings. The molecule has 10 heteroatoms. The number of hydrogen-bond acceptors (Lipinski definition) is 7. The highest BCUT2D eigenvalue weighted by Crippen LogP contribution is 2.13. The van der Waals surface area contributed by atoms with Gasteiger partial charge in [-0.2, -0.15) is 0 Å². The molecule has 0 radical (unpaired) electrons. The summed E-state index contributed by atoms with van der Waals surface area (Å²) in [6.07, 6.45) is 0. The quantitative estimate of drug-likeness (QED) is 0.258. The number of aliphatic imine (C=N–C) groups is 1. The Kier molecular flexibility index (Phi) is 5.81. The molecule has 1 aromatic rings. The number of amides is 1. The summed E-state index contributed by atoms with van der Waals surface area (Å²) in [4.78, 5) is 26.3. The van der Waals surface area contributed by atoms with Gasteiger partial charge in [0.05, 0.1) is 6.54 Å². The zero-order valence-corrected chi connectivity index (χ0v) is 11.5. The molecule has 1 amide bonds. The Labute approximate surface area is 120 Å². The van der Waals surface area contributed by atoms with Gasteiger partial charge in [-0.3, -0.25) is 25.3 Å². The molecule has 1 rings (SSSR count). The third-order valence-electron chi connectivity index (χ3n) is 2.54. The van der Waals surface area contributed by atoms with Crippen LogP contribution >= 0.6 is 0 Å². The summed E-state index contributed by atoms with van der Waals surface area (Å²) in [6.45, 7) is 2.99. The summed E-state index contributed by atoms with van der Waals surface area (Å²) in [6, 6.07) is -0.799. The van der Waals surface area contributed by atoms with Crippen molar-refractivity contribution in [3.05, 3.63) is 17.5 Å². The second kappa shape index (κ2) is 7.36. The lowest BCUT2D eigenvalue weighted by atomic mass is 10.2. The van der Waals surface area contributed by atoms with Crippen LogP contribution in [-0.2, 0) is 16.1 Å². The monoisotopic (exact) mass is 299 g/mol. The molecule has 1 heterocycles. The van der Waals surface area contributed by atoms with Crippen molar-refractivity contribution in [1.82, 2.24) is 16.0 Å². The topological polar surface area (TPSA) is 163 Å². The number of nitrogens with two attached hydrogens (primary N) is 1. The van der Waals surface area contributed by atoms with Crippen LogP contribution in [0, 0.1) is 0 Å². The SMILES string of the molecule is CC(=NCc1cc([C@H](N)C(=O)N[C@@H](C)C(=O)O)on1)NO. The third-order valence-corrected chi connectivity index (χ3v) is 2.54. The number of carbonyl (C=O) groups is 2. The van der Waals surface area contributed by atoms with Crippen molar-refractivity contribution in [1.29, 1.82) is 0 Å². The van der Waals surface area contributed by atoms with Crippen molar-refractivity contribution in [3.8, 4) is 0 Å². The minimum absolute atomic E-state index is 0.0879. The number of rotatable bonds is 6. The Balaban J connectivity index is 2.67. The number of carbonyl (C=O) groups excluding carboxylic acids is 1. The average molecular weight is 299 g/mol. The van der Waals surface area contributed by atoms with Gasteiger partial charge in [-0.05, 0) is 13.8 Å². The summed E-state index contributed by atoms with van der Waals surface area (Å²) < 4.78 is 4.92. The van der Waals surface area contributed by atoms with Gasteiger partial charge in [0.25, 0.3) is 0 Å². The number of nitrogens with zero attached hydrogens (tertiary/aromatic N) is 2. The van der Waals surface area contributed by atoms with Crippen LogP contribution in [0.2, 0.25) is 0 Å². The molecule has 0 aromatic carbocycles. The van der Waals surface area contributed by atoms with E-state index in [-0.39, 0.29) is 18.1 Å². The molecule has 0 aliphatic heterocycles. The Morgan fingerprint density at radius 1 is 1.57 bits per heavy atom. The van der Waals surface area contributed by atoms with Crippen LogP contribution < -0.4 is 16.5 Å². The molecule has 0 aliphatic rings. The van der Waals surface area contributed by atoms with Gasteiger partial charge in [0.2, 0.25) is 5.91 Å². The van der Waals surface area contributed by atoms with Gasteiger partial charge in [-0.15, -0.1) is 0 Å². The Bertz CT molecular complexity index is 541. The van der Waals surface area contributed by atoms with Crippen LogP contribution in [0.1, 0.15) is 31.3 Å². The third kappa shape index (κ3) is 4.85. The number of hydroxylamine groups is 1. The highest BCUT2D eigenvalue weighted by Gasteiger charge is 2.24. The molecule has 0 bridgehead atoms. The average Bonchev–Trinajstić information content (AvgIpc) is 2.92. The van der Waals surface area contributed by atoms with Gasteiger partial charge in [-0.25, -0.2) is 0 Å². The fourth-order valence-corrected chi connectivity index (χ4v) is 1.28. The van der Waals surface area contributed by atoms with E-state index in [1.165, 1.54) is 13.0 Å². The van der Waals surface area contributed by atoms with Crippen molar-refractivity contribution in [2.45, 2.75) is 32.5 Å². The van der Waals surface area contributed by atoms with Gasteiger partial charge in [0.15, 0.2) is 5.76 Å². The number of amidine groups is 1. The lowest BCUT2D eigenvalue weighted by Crippen LogP contribution is -2.43. The molecular weight excluding hydrogens is 282 g/mol. The van der Waals surface area contributed by atoms with Crippen LogP contribution in [-0.4, -0.2) is 39.2 Å². The Morgan fingerprint density at radius 3 is 2.81 bits per heavy atom. The maximum Gasteiger partial charge on any atom is 0.325 e. The minimum Gasteiger partial charge on any atom is -0.480 e. The van der Waals surface area contributed by atoms with Crippen LogP contribution in [0.5, 0.6) is 0 Å². The van der Waals surface area contributed by atoms with E-state index in [1.54, 1.807) is 6.92 Å². The van der Waals surface area contributed by atoms with E-state index in [9.17, 15) is 9.59 Å². The molecule has 0 spiro atoms. The highest BCUT2D eigenvalue weighted by molar-refractivity contribution is 5.87. The normalized spacial score (nSPS) is 14.4. The molecule has 10 nitrogen and oxygen atoms in total. The molecule has 6 N–H and O–H groups in total. The Hall–Kier alpha value is -2.46. The van der Waals surface area contributed by atoms with Gasteiger partial charge in [0, 0.05) is 6.07 Å². The summed E-state index contributed by atoms with van der Waals surface area (Å²) in [5.74, 6) is -1.48. The van der Waals surface area contributed by atoms with Crippen molar-refractivity contribution in [2.75, 3.05) is 0 Å². The van der Waals surface area contributed by atoms with Crippen LogP contribution in [0.15, 0.2) is 15.6 Å². The van der Waals surface area contributed by atoms with Crippen LogP contribution in [0.4, 0.5) is 0 Å². The van der Waals surface area contributed by atoms with Crippen LogP contribution in [0.3, 0.4) is 0 Å². The predicted molar refractivity (Wildman–Crippen MR) is 70.4 cm³/mol. The maximum absolute atomic E-state index is 11.7.